The van der Waals surface area contributed by atoms with E-state index in [4.69, 9.17) is 4.74 Å². The van der Waals surface area contributed by atoms with Gasteiger partial charge >= 0.3 is 0 Å². The van der Waals surface area contributed by atoms with Crippen molar-refractivity contribution in [2.45, 2.75) is 6.92 Å². The number of hydrogen-bond donors (Lipinski definition) is 0. The van der Waals surface area contributed by atoms with Crippen LogP contribution in [0.25, 0.3) is 5.69 Å². The molecule has 7 nitrogen and oxygen atoms in total. The summed E-state index contributed by atoms with van der Waals surface area (Å²) in [6.07, 6.45) is 0. The lowest BCUT2D eigenvalue weighted by atomic mass is 10.3. The molecule has 1 aromatic heterocycles. The summed E-state index contributed by atoms with van der Waals surface area (Å²) in [5.41, 5.74) is 1.80. The van der Waals surface area contributed by atoms with E-state index in [1.807, 2.05) is 49.3 Å². The van der Waals surface area contributed by atoms with Crippen molar-refractivity contribution in [3.63, 3.8) is 0 Å². The maximum atomic E-state index is 12.6. The van der Waals surface area contributed by atoms with Crippen molar-refractivity contribution in [2.24, 2.45) is 17.4 Å². The zero-order chi connectivity index (χ0) is 15.5. The zero-order valence-electron chi connectivity index (χ0n) is 12.8. The van der Waals surface area contributed by atoms with E-state index < -0.39 is 0 Å². The second-order valence-corrected chi connectivity index (χ2v) is 5.17. The first-order chi connectivity index (χ1) is 10.7. The number of rotatable bonds is 3. The van der Waals surface area contributed by atoms with Gasteiger partial charge in [-0.3, -0.25) is 14.5 Å². The number of aromatic nitrogens is 2. The number of nitrogens with zero attached hydrogens (tertiary/aromatic N) is 5. The molecule has 7 heteroatoms. The fourth-order valence-corrected chi connectivity index (χ4v) is 2.42. The summed E-state index contributed by atoms with van der Waals surface area (Å²) in [6, 6.07) is 9.51. The standard InChI is InChI=1S/C15H19N5O2/c1-12-14(16-17-19-8-10-22-11-9-19)15(21)20(18(12)2)13-6-4-3-5-7-13/h3-7H,8-11H2,1-2H3. The molecule has 1 aromatic carbocycles. The van der Waals surface area contributed by atoms with E-state index in [2.05, 4.69) is 10.3 Å². The van der Waals surface area contributed by atoms with E-state index in [0.29, 0.717) is 32.0 Å². The van der Waals surface area contributed by atoms with E-state index in [-0.39, 0.29) is 5.56 Å². The highest BCUT2D eigenvalue weighted by atomic mass is 16.5. The molecule has 0 bridgehead atoms. The number of para-hydroxylation sites is 1. The summed E-state index contributed by atoms with van der Waals surface area (Å²) in [5.74, 6) is 0. The molecule has 1 aliphatic heterocycles. The molecular weight excluding hydrogens is 282 g/mol. The van der Waals surface area contributed by atoms with Crippen molar-refractivity contribution in [1.82, 2.24) is 14.4 Å². The largest absolute Gasteiger partial charge is 0.378 e. The third-order valence-corrected chi connectivity index (χ3v) is 3.78. The molecule has 3 rings (SSSR count). The first kappa shape index (κ1) is 14.5. The topological polar surface area (TPSA) is 64.1 Å². The van der Waals surface area contributed by atoms with Crippen LogP contribution in [0.2, 0.25) is 0 Å². The highest BCUT2D eigenvalue weighted by molar-refractivity contribution is 5.43. The monoisotopic (exact) mass is 301 g/mol. The third-order valence-electron chi connectivity index (χ3n) is 3.78. The minimum atomic E-state index is -0.164. The Labute approximate surface area is 128 Å². The van der Waals surface area contributed by atoms with Gasteiger partial charge in [-0.25, -0.2) is 4.68 Å². The molecule has 116 valence electrons. The molecule has 2 aromatic rings. The van der Waals surface area contributed by atoms with Gasteiger partial charge < -0.3 is 4.74 Å². The molecule has 1 saturated heterocycles. The second kappa shape index (κ2) is 6.15. The Morgan fingerprint density at radius 3 is 2.50 bits per heavy atom. The average Bonchev–Trinajstić information content (AvgIpc) is 2.77. The predicted molar refractivity (Wildman–Crippen MR) is 82.7 cm³/mol. The van der Waals surface area contributed by atoms with Gasteiger partial charge in [0.1, 0.15) is 0 Å². The Bertz CT molecular complexity index is 726. The van der Waals surface area contributed by atoms with Gasteiger partial charge in [-0.1, -0.05) is 23.4 Å². The second-order valence-electron chi connectivity index (χ2n) is 5.17. The van der Waals surface area contributed by atoms with Crippen molar-refractivity contribution in [1.29, 1.82) is 0 Å². The summed E-state index contributed by atoms with van der Waals surface area (Å²) < 4.78 is 8.66. The van der Waals surface area contributed by atoms with Crippen molar-refractivity contribution in [2.75, 3.05) is 26.3 Å². The minimum Gasteiger partial charge on any atom is -0.378 e. The molecule has 0 N–H and O–H groups in total. The molecule has 2 heterocycles. The first-order valence-electron chi connectivity index (χ1n) is 7.27. The maximum Gasteiger partial charge on any atom is 0.299 e. The van der Waals surface area contributed by atoms with Crippen LogP contribution in [-0.4, -0.2) is 40.7 Å². The maximum absolute atomic E-state index is 12.6. The Hall–Kier alpha value is -2.41. The molecule has 0 spiro atoms. The molecule has 0 unspecified atom stereocenters. The van der Waals surface area contributed by atoms with Gasteiger partial charge in [0.25, 0.3) is 5.56 Å². The number of morpholine rings is 1. The van der Waals surface area contributed by atoms with Crippen LogP contribution in [0.4, 0.5) is 5.69 Å². The lowest BCUT2D eigenvalue weighted by molar-refractivity contribution is 0.0353. The van der Waals surface area contributed by atoms with Crippen LogP contribution in [0, 0.1) is 6.92 Å². The predicted octanol–water partition coefficient (Wildman–Crippen LogP) is 1.82. The Balaban J connectivity index is 1.96. The van der Waals surface area contributed by atoms with E-state index in [1.165, 1.54) is 0 Å². The van der Waals surface area contributed by atoms with Gasteiger partial charge in [-0.15, -0.1) is 5.11 Å². The van der Waals surface area contributed by atoms with Crippen LogP contribution in [0.15, 0.2) is 45.5 Å². The molecular formula is C15H19N5O2. The summed E-state index contributed by atoms with van der Waals surface area (Å²) in [6.45, 7) is 4.54. The molecule has 0 saturated carbocycles. The van der Waals surface area contributed by atoms with Crippen LogP contribution >= 0.6 is 0 Å². The number of benzene rings is 1. The Morgan fingerprint density at radius 1 is 1.14 bits per heavy atom. The van der Waals surface area contributed by atoms with E-state index in [9.17, 15) is 4.79 Å². The Morgan fingerprint density at radius 2 is 1.82 bits per heavy atom. The molecule has 0 radical (unpaired) electrons. The average molecular weight is 301 g/mol. The van der Waals surface area contributed by atoms with Crippen LogP contribution in [-0.2, 0) is 11.8 Å². The molecule has 22 heavy (non-hydrogen) atoms. The number of ether oxygens (including phenoxy) is 1. The van der Waals surface area contributed by atoms with Crippen LogP contribution in [0.5, 0.6) is 0 Å². The fourth-order valence-electron chi connectivity index (χ4n) is 2.42. The highest BCUT2D eigenvalue weighted by Gasteiger charge is 2.16. The van der Waals surface area contributed by atoms with Gasteiger partial charge in [0, 0.05) is 7.05 Å². The normalized spacial score (nSPS) is 15.6. The summed E-state index contributed by atoms with van der Waals surface area (Å²) in [4.78, 5) is 12.6. The van der Waals surface area contributed by atoms with Crippen LogP contribution < -0.4 is 5.56 Å². The first-order valence-corrected chi connectivity index (χ1v) is 7.27. The van der Waals surface area contributed by atoms with E-state index >= 15 is 0 Å². The smallest absolute Gasteiger partial charge is 0.299 e. The minimum absolute atomic E-state index is 0.164. The van der Waals surface area contributed by atoms with Gasteiger partial charge in [-0.2, -0.15) is 0 Å². The van der Waals surface area contributed by atoms with Gasteiger partial charge in [-0.05, 0) is 19.1 Å². The molecule has 1 fully saturated rings. The molecule has 0 atom stereocenters. The summed E-state index contributed by atoms with van der Waals surface area (Å²) in [7, 11) is 1.84. The lowest BCUT2D eigenvalue weighted by Gasteiger charge is -2.22. The van der Waals surface area contributed by atoms with Gasteiger partial charge in [0.2, 0.25) is 0 Å². The SMILES string of the molecule is Cc1c(N=NN2CCOCC2)c(=O)n(-c2ccccc2)n1C. The highest BCUT2D eigenvalue weighted by Crippen LogP contribution is 2.17. The third kappa shape index (κ3) is 2.67. The summed E-state index contributed by atoms with van der Waals surface area (Å²) >= 11 is 0. The van der Waals surface area contributed by atoms with Crippen LogP contribution in [0.3, 0.4) is 0 Å². The molecule has 1 aliphatic rings. The van der Waals surface area contributed by atoms with Crippen molar-refractivity contribution in [3.8, 4) is 5.69 Å². The van der Waals surface area contributed by atoms with Crippen molar-refractivity contribution >= 4 is 5.69 Å². The zero-order valence-corrected chi connectivity index (χ0v) is 12.8. The summed E-state index contributed by atoms with van der Waals surface area (Å²) in [5, 5.41) is 10.2. The molecule has 0 amide bonds. The fraction of sp³-hybridized carbons (Fsp3) is 0.400. The quantitative estimate of drug-likeness (QED) is 0.812. The number of hydrogen-bond acceptors (Lipinski definition) is 4. The van der Waals surface area contributed by atoms with Crippen molar-refractivity contribution < 1.29 is 4.74 Å². The van der Waals surface area contributed by atoms with E-state index in [1.54, 1.807) is 9.36 Å². The van der Waals surface area contributed by atoms with Gasteiger partial charge in [0.05, 0.1) is 37.7 Å². The van der Waals surface area contributed by atoms with Crippen molar-refractivity contribution in [3.05, 3.63) is 46.4 Å². The van der Waals surface area contributed by atoms with Crippen LogP contribution in [0.1, 0.15) is 5.69 Å². The lowest BCUT2D eigenvalue weighted by Crippen LogP contribution is -2.31. The Kier molecular flexibility index (Phi) is 4.06. The van der Waals surface area contributed by atoms with E-state index in [0.717, 1.165) is 11.4 Å². The van der Waals surface area contributed by atoms with Gasteiger partial charge in [0.15, 0.2) is 5.69 Å². The molecule has 0 aliphatic carbocycles.